The fourth-order valence-electron chi connectivity index (χ4n) is 4.06. The summed E-state index contributed by atoms with van der Waals surface area (Å²) in [6.07, 6.45) is 7.90. The van der Waals surface area contributed by atoms with Gasteiger partial charge in [0.1, 0.15) is 5.82 Å². The third-order valence-electron chi connectivity index (χ3n) is 5.82. The minimum Gasteiger partial charge on any atom is -0.356 e. The van der Waals surface area contributed by atoms with Crippen molar-refractivity contribution < 1.29 is 0 Å². The molecule has 1 fully saturated rings. The molecule has 2 N–H and O–H groups in total. The second-order valence-corrected chi connectivity index (χ2v) is 8.15. The molecule has 164 valence electrons. The predicted molar refractivity (Wildman–Crippen MR) is 125 cm³/mol. The maximum Gasteiger partial charge on any atom is 0.191 e. The van der Waals surface area contributed by atoms with Gasteiger partial charge in [-0.05, 0) is 55.6 Å². The number of piperidine rings is 1. The minimum atomic E-state index is 0.762. The Kier molecular flexibility index (Phi) is 7.50. The molecule has 7 heteroatoms. The lowest BCUT2D eigenvalue weighted by molar-refractivity contribution is 0.221. The van der Waals surface area contributed by atoms with E-state index in [-0.39, 0.29) is 0 Å². The Balaban J connectivity index is 1.18. The van der Waals surface area contributed by atoms with Crippen LogP contribution in [0.1, 0.15) is 42.6 Å². The topological polar surface area (TPSA) is 69.8 Å². The van der Waals surface area contributed by atoms with E-state index in [2.05, 4.69) is 55.0 Å². The average Bonchev–Trinajstić information content (AvgIpc) is 3.23. The van der Waals surface area contributed by atoms with E-state index in [9.17, 15) is 0 Å². The lowest BCUT2D eigenvalue weighted by Gasteiger charge is -2.26. The van der Waals surface area contributed by atoms with Gasteiger partial charge in [-0.2, -0.15) is 0 Å². The molecule has 4 rings (SSSR count). The van der Waals surface area contributed by atoms with Gasteiger partial charge in [0.2, 0.25) is 0 Å². The number of rotatable bonds is 8. The lowest BCUT2D eigenvalue weighted by atomic mass is 10.1. The van der Waals surface area contributed by atoms with Crippen molar-refractivity contribution in [1.82, 2.24) is 30.1 Å². The molecule has 0 aliphatic carbocycles. The van der Waals surface area contributed by atoms with Crippen LogP contribution >= 0.6 is 0 Å². The number of pyridine rings is 1. The van der Waals surface area contributed by atoms with Gasteiger partial charge >= 0.3 is 0 Å². The van der Waals surface area contributed by atoms with Gasteiger partial charge in [0, 0.05) is 39.3 Å². The van der Waals surface area contributed by atoms with E-state index in [1.165, 1.54) is 43.5 Å². The molecule has 1 aromatic carbocycles. The van der Waals surface area contributed by atoms with Crippen molar-refractivity contribution in [2.24, 2.45) is 4.99 Å². The Hall–Kier alpha value is -2.93. The maximum atomic E-state index is 4.34. The Morgan fingerprint density at radius 1 is 0.968 bits per heavy atom. The first kappa shape index (κ1) is 21.3. The van der Waals surface area contributed by atoms with Gasteiger partial charge in [-0.3, -0.25) is 14.3 Å². The smallest absolute Gasteiger partial charge is 0.191 e. The van der Waals surface area contributed by atoms with Crippen LogP contribution in [-0.4, -0.2) is 52.1 Å². The SMILES string of the molecule is CN=C(NCCCc1nnc2ccccn12)NCc1ccc(CN2CCCCC2)cc1. The van der Waals surface area contributed by atoms with E-state index >= 15 is 0 Å². The zero-order chi connectivity index (χ0) is 21.3. The van der Waals surface area contributed by atoms with Crippen molar-refractivity contribution in [3.05, 3.63) is 65.6 Å². The predicted octanol–water partition coefficient (Wildman–Crippen LogP) is 3.01. The number of guanidine groups is 1. The Morgan fingerprint density at radius 2 is 1.77 bits per heavy atom. The normalized spacial score (nSPS) is 15.3. The molecular weight excluding hydrogens is 386 g/mol. The van der Waals surface area contributed by atoms with E-state index in [0.717, 1.165) is 49.9 Å². The molecule has 0 unspecified atom stereocenters. The van der Waals surface area contributed by atoms with Crippen LogP contribution in [0.25, 0.3) is 5.65 Å². The molecule has 3 heterocycles. The van der Waals surface area contributed by atoms with Crippen molar-refractivity contribution in [2.75, 3.05) is 26.7 Å². The summed E-state index contributed by atoms with van der Waals surface area (Å²) in [5.41, 5.74) is 3.55. The molecule has 0 atom stereocenters. The van der Waals surface area contributed by atoms with Crippen LogP contribution in [0, 0.1) is 0 Å². The number of benzene rings is 1. The first-order chi connectivity index (χ1) is 15.3. The monoisotopic (exact) mass is 419 g/mol. The molecule has 0 amide bonds. The zero-order valence-electron chi connectivity index (χ0n) is 18.4. The summed E-state index contributed by atoms with van der Waals surface area (Å²) in [5, 5.41) is 15.3. The number of nitrogens with one attached hydrogen (secondary N) is 2. The fourth-order valence-corrected chi connectivity index (χ4v) is 4.06. The van der Waals surface area contributed by atoms with Crippen molar-refractivity contribution in [1.29, 1.82) is 0 Å². The molecule has 0 radical (unpaired) electrons. The average molecular weight is 420 g/mol. The van der Waals surface area contributed by atoms with Gasteiger partial charge in [0.15, 0.2) is 11.6 Å². The third-order valence-corrected chi connectivity index (χ3v) is 5.82. The Morgan fingerprint density at radius 3 is 2.58 bits per heavy atom. The molecule has 31 heavy (non-hydrogen) atoms. The van der Waals surface area contributed by atoms with Crippen molar-refractivity contribution in [2.45, 2.75) is 45.2 Å². The van der Waals surface area contributed by atoms with Crippen LogP contribution in [0.5, 0.6) is 0 Å². The first-order valence-electron chi connectivity index (χ1n) is 11.3. The summed E-state index contributed by atoms with van der Waals surface area (Å²) in [7, 11) is 1.81. The summed E-state index contributed by atoms with van der Waals surface area (Å²) in [4.78, 5) is 6.90. The Bertz CT molecular complexity index is 971. The molecule has 2 aromatic heterocycles. The third kappa shape index (κ3) is 6.04. The van der Waals surface area contributed by atoms with E-state index in [1.807, 2.05) is 35.8 Å². The van der Waals surface area contributed by atoms with Gasteiger partial charge in [0.25, 0.3) is 0 Å². The summed E-state index contributed by atoms with van der Waals surface area (Å²) >= 11 is 0. The van der Waals surface area contributed by atoms with Gasteiger partial charge in [-0.1, -0.05) is 36.8 Å². The second-order valence-electron chi connectivity index (χ2n) is 8.15. The molecule has 7 nitrogen and oxygen atoms in total. The number of hydrogen-bond acceptors (Lipinski definition) is 4. The van der Waals surface area contributed by atoms with Crippen LogP contribution in [0.2, 0.25) is 0 Å². The van der Waals surface area contributed by atoms with Gasteiger partial charge in [-0.15, -0.1) is 10.2 Å². The summed E-state index contributed by atoms with van der Waals surface area (Å²) in [6, 6.07) is 14.9. The highest BCUT2D eigenvalue weighted by Crippen LogP contribution is 2.13. The van der Waals surface area contributed by atoms with E-state index in [1.54, 1.807) is 0 Å². The van der Waals surface area contributed by atoms with Gasteiger partial charge in [-0.25, -0.2) is 0 Å². The number of aryl methyl sites for hydroxylation is 1. The van der Waals surface area contributed by atoms with Crippen molar-refractivity contribution in [3.8, 4) is 0 Å². The molecule has 1 saturated heterocycles. The van der Waals surface area contributed by atoms with E-state index < -0.39 is 0 Å². The van der Waals surface area contributed by atoms with Crippen LogP contribution in [0.15, 0.2) is 53.7 Å². The van der Waals surface area contributed by atoms with E-state index in [0.29, 0.717) is 0 Å². The number of likely N-dealkylation sites (tertiary alicyclic amines) is 1. The van der Waals surface area contributed by atoms with Gasteiger partial charge in [0.05, 0.1) is 0 Å². The van der Waals surface area contributed by atoms with Crippen LogP contribution in [-0.2, 0) is 19.5 Å². The number of nitrogens with zero attached hydrogens (tertiary/aromatic N) is 5. The molecule has 0 saturated carbocycles. The highest BCUT2D eigenvalue weighted by Gasteiger charge is 2.10. The highest BCUT2D eigenvalue weighted by molar-refractivity contribution is 5.79. The molecule has 0 spiro atoms. The van der Waals surface area contributed by atoms with Gasteiger partial charge < -0.3 is 10.6 Å². The van der Waals surface area contributed by atoms with E-state index in [4.69, 9.17) is 0 Å². The Labute approximate surface area is 184 Å². The lowest BCUT2D eigenvalue weighted by Crippen LogP contribution is -2.37. The second kappa shape index (κ2) is 10.9. The quantitative estimate of drug-likeness (QED) is 0.334. The minimum absolute atomic E-state index is 0.762. The van der Waals surface area contributed by atoms with Crippen LogP contribution in [0.3, 0.4) is 0 Å². The van der Waals surface area contributed by atoms with Crippen molar-refractivity contribution >= 4 is 11.6 Å². The standard InChI is InChI=1S/C24H33N7/c1-25-24(26-14-7-9-23-29-28-22-8-3-6-17-31(22)23)27-18-20-10-12-21(13-11-20)19-30-15-4-2-5-16-30/h3,6,8,10-13,17H,2,4-5,7,9,14-16,18-19H2,1H3,(H2,25,26,27). The number of hydrogen-bond donors (Lipinski definition) is 2. The largest absolute Gasteiger partial charge is 0.356 e. The molecular formula is C24H33N7. The van der Waals surface area contributed by atoms with Crippen LogP contribution < -0.4 is 10.6 Å². The maximum absolute atomic E-state index is 4.34. The van der Waals surface area contributed by atoms with Crippen LogP contribution in [0.4, 0.5) is 0 Å². The zero-order valence-corrected chi connectivity index (χ0v) is 18.4. The van der Waals surface area contributed by atoms with Crippen molar-refractivity contribution in [3.63, 3.8) is 0 Å². The summed E-state index contributed by atoms with van der Waals surface area (Å²) < 4.78 is 2.04. The summed E-state index contributed by atoms with van der Waals surface area (Å²) in [5.74, 6) is 1.81. The highest BCUT2D eigenvalue weighted by atomic mass is 15.2. The number of aliphatic imine (C=N–C) groups is 1. The number of aromatic nitrogens is 3. The molecule has 1 aliphatic heterocycles. The molecule has 3 aromatic rings. The molecule has 1 aliphatic rings. The first-order valence-corrected chi connectivity index (χ1v) is 11.3. The fraction of sp³-hybridized carbons (Fsp3) is 0.458. The summed E-state index contributed by atoms with van der Waals surface area (Å²) in [6.45, 7) is 5.13. The molecule has 0 bridgehead atoms. The number of fused-ring (bicyclic) bond motifs is 1.